The lowest BCUT2D eigenvalue weighted by Gasteiger charge is -2.14. The molecule has 0 aliphatic heterocycles. The maximum atomic E-state index is 12.7. The molecule has 134 valence electrons. The highest BCUT2D eigenvalue weighted by Gasteiger charge is 2.33. The standard InChI is InChI=1S/C15H11F3INO5/c1-24-13-5-8(7-21)4-10(19)14(13)25-12-3-2-9(15(16,17)18)6-11(12)20(22)23/h2-6,21H,7H2,1H3. The third kappa shape index (κ3) is 4.31. The first-order valence-corrected chi connectivity index (χ1v) is 7.76. The van der Waals surface area contributed by atoms with E-state index < -0.39 is 22.4 Å². The van der Waals surface area contributed by atoms with E-state index in [1.165, 1.54) is 13.2 Å². The first kappa shape index (κ1) is 19.2. The van der Waals surface area contributed by atoms with Crippen molar-refractivity contribution < 1.29 is 32.7 Å². The summed E-state index contributed by atoms with van der Waals surface area (Å²) in [7, 11) is 1.33. The second kappa shape index (κ2) is 7.44. The topological polar surface area (TPSA) is 81.8 Å². The number of methoxy groups -OCH3 is 1. The van der Waals surface area contributed by atoms with Crippen molar-refractivity contribution in [3.05, 3.63) is 55.1 Å². The van der Waals surface area contributed by atoms with Crippen molar-refractivity contribution in [3.8, 4) is 17.2 Å². The molecule has 2 rings (SSSR count). The summed E-state index contributed by atoms with van der Waals surface area (Å²) in [5.74, 6) is -0.0701. The molecule has 2 aromatic rings. The molecule has 0 bridgehead atoms. The Balaban J connectivity index is 2.52. The number of hydrogen-bond donors (Lipinski definition) is 1. The van der Waals surface area contributed by atoms with Gasteiger partial charge in [-0.05, 0) is 52.4 Å². The molecule has 0 aliphatic carbocycles. The van der Waals surface area contributed by atoms with Crippen molar-refractivity contribution in [1.82, 2.24) is 0 Å². The second-order valence-corrected chi connectivity index (χ2v) is 5.97. The molecule has 25 heavy (non-hydrogen) atoms. The van der Waals surface area contributed by atoms with Gasteiger partial charge in [-0.2, -0.15) is 13.2 Å². The molecule has 0 saturated heterocycles. The molecular formula is C15H11F3INO5. The average molecular weight is 469 g/mol. The molecule has 0 spiro atoms. The number of aliphatic hydroxyl groups excluding tert-OH is 1. The van der Waals surface area contributed by atoms with E-state index >= 15 is 0 Å². The quantitative estimate of drug-likeness (QED) is 0.396. The first-order valence-electron chi connectivity index (χ1n) is 6.68. The Kier molecular flexibility index (Phi) is 5.72. The fraction of sp³-hybridized carbons (Fsp3) is 0.200. The summed E-state index contributed by atoms with van der Waals surface area (Å²) in [6.07, 6.45) is -4.71. The highest BCUT2D eigenvalue weighted by Crippen LogP contribution is 2.42. The minimum atomic E-state index is -4.71. The lowest BCUT2D eigenvalue weighted by molar-refractivity contribution is -0.385. The predicted octanol–water partition coefficient (Wildman–Crippen LogP) is 4.51. The summed E-state index contributed by atoms with van der Waals surface area (Å²) < 4.78 is 49.3. The van der Waals surface area contributed by atoms with Crippen molar-refractivity contribution in [2.24, 2.45) is 0 Å². The van der Waals surface area contributed by atoms with Gasteiger partial charge >= 0.3 is 11.9 Å². The van der Waals surface area contributed by atoms with Crippen LogP contribution in [0.3, 0.4) is 0 Å². The van der Waals surface area contributed by atoms with Crippen LogP contribution in [0.15, 0.2) is 30.3 Å². The molecule has 1 N–H and O–H groups in total. The van der Waals surface area contributed by atoms with Crippen molar-refractivity contribution in [1.29, 1.82) is 0 Å². The Labute approximate surface area is 153 Å². The van der Waals surface area contributed by atoms with E-state index in [2.05, 4.69) is 0 Å². The van der Waals surface area contributed by atoms with E-state index in [0.29, 0.717) is 21.3 Å². The normalized spacial score (nSPS) is 11.3. The van der Waals surface area contributed by atoms with Gasteiger partial charge in [-0.25, -0.2) is 0 Å². The zero-order chi connectivity index (χ0) is 18.8. The third-order valence-corrected chi connectivity index (χ3v) is 3.97. The van der Waals surface area contributed by atoms with Gasteiger partial charge in [-0.15, -0.1) is 0 Å². The zero-order valence-electron chi connectivity index (χ0n) is 12.6. The fourth-order valence-electron chi connectivity index (χ4n) is 2.00. The molecule has 0 radical (unpaired) electrons. The molecule has 0 atom stereocenters. The molecule has 6 nitrogen and oxygen atoms in total. The molecule has 0 unspecified atom stereocenters. The number of halogens is 4. The van der Waals surface area contributed by atoms with Crippen LogP contribution in [0.4, 0.5) is 18.9 Å². The Morgan fingerprint density at radius 3 is 2.44 bits per heavy atom. The number of hydrogen-bond acceptors (Lipinski definition) is 5. The van der Waals surface area contributed by atoms with Gasteiger partial charge in [-0.1, -0.05) is 0 Å². The number of nitro benzene ring substituents is 1. The van der Waals surface area contributed by atoms with Crippen LogP contribution in [-0.2, 0) is 12.8 Å². The number of alkyl halides is 3. The molecule has 0 saturated carbocycles. The molecule has 0 heterocycles. The highest BCUT2D eigenvalue weighted by molar-refractivity contribution is 14.1. The Morgan fingerprint density at radius 2 is 1.92 bits per heavy atom. The minimum Gasteiger partial charge on any atom is -0.493 e. The van der Waals surface area contributed by atoms with Gasteiger partial charge in [0, 0.05) is 6.07 Å². The predicted molar refractivity (Wildman–Crippen MR) is 89.8 cm³/mol. The van der Waals surface area contributed by atoms with E-state index in [1.807, 2.05) is 22.6 Å². The van der Waals surface area contributed by atoms with Crippen molar-refractivity contribution >= 4 is 28.3 Å². The maximum absolute atomic E-state index is 12.7. The lowest BCUT2D eigenvalue weighted by atomic mass is 10.1. The number of benzene rings is 2. The van der Waals surface area contributed by atoms with Crippen LogP contribution in [0.5, 0.6) is 17.2 Å². The molecular weight excluding hydrogens is 458 g/mol. The molecule has 2 aromatic carbocycles. The summed E-state index contributed by atoms with van der Waals surface area (Å²) in [5, 5.41) is 20.3. The van der Waals surface area contributed by atoms with Gasteiger partial charge in [0.1, 0.15) is 0 Å². The summed E-state index contributed by atoms with van der Waals surface area (Å²) in [5.41, 5.74) is -1.45. The largest absolute Gasteiger partial charge is 0.493 e. The van der Waals surface area contributed by atoms with Crippen molar-refractivity contribution in [2.45, 2.75) is 12.8 Å². The Hall–Kier alpha value is -2.08. The number of aliphatic hydroxyl groups is 1. The number of ether oxygens (including phenoxy) is 2. The van der Waals surface area contributed by atoms with Crippen LogP contribution in [0.25, 0.3) is 0 Å². The number of nitro groups is 1. The molecule has 0 fully saturated rings. The van der Waals surface area contributed by atoms with Gasteiger partial charge in [0.05, 0.1) is 27.8 Å². The summed E-state index contributed by atoms with van der Waals surface area (Å²) in [6, 6.07) is 5.03. The first-order chi connectivity index (χ1) is 11.7. The lowest BCUT2D eigenvalue weighted by Crippen LogP contribution is -2.06. The summed E-state index contributed by atoms with van der Waals surface area (Å²) in [4.78, 5) is 10.2. The third-order valence-electron chi connectivity index (χ3n) is 3.17. The van der Waals surface area contributed by atoms with Crippen molar-refractivity contribution in [2.75, 3.05) is 7.11 Å². The van der Waals surface area contributed by atoms with E-state index in [9.17, 15) is 28.4 Å². The average Bonchev–Trinajstić information content (AvgIpc) is 2.55. The molecule has 0 aliphatic rings. The van der Waals surface area contributed by atoms with Crippen LogP contribution >= 0.6 is 22.6 Å². The number of rotatable bonds is 5. The van der Waals surface area contributed by atoms with Crippen LogP contribution in [0.2, 0.25) is 0 Å². The minimum absolute atomic E-state index is 0.100. The second-order valence-electron chi connectivity index (χ2n) is 4.81. The number of nitrogens with zero attached hydrogens (tertiary/aromatic N) is 1. The Morgan fingerprint density at radius 1 is 1.24 bits per heavy atom. The zero-order valence-corrected chi connectivity index (χ0v) is 14.8. The van der Waals surface area contributed by atoms with Crippen LogP contribution in [0.1, 0.15) is 11.1 Å². The van der Waals surface area contributed by atoms with E-state index in [4.69, 9.17) is 9.47 Å². The maximum Gasteiger partial charge on any atom is 0.416 e. The van der Waals surface area contributed by atoms with Gasteiger partial charge in [-0.3, -0.25) is 10.1 Å². The van der Waals surface area contributed by atoms with Gasteiger partial charge in [0.25, 0.3) is 0 Å². The van der Waals surface area contributed by atoms with Gasteiger partial charge in [0.2, 0.25) is 5.75 Å². The molecule has 0 aromatic heterocycles. The SMILES string of the molecule is COc1cc(CO)cc(I)c1Oc1ccc(C(F)(F)F)cc1[N+](=O)[O-]. The molecule has 0 amide bonds. The summed E-state index contributed by atoms with van der Waals surface area (Å²) in [6.45, 7) is -0.257. The van der Waals surface area contributed by atoms with Gasteiger partial charge in [0.15, 0.2) is 11.5 Å². The Bertz CT molecular complexity index is 810. The molecule has 10 heteroatoms. The monoisotopic (exact) mass is 469 g/mol. The van der Waals surface area contributed by atoms with Crippen LogP contribution < -0.4 is 9.47 Å². The van der Waals surface area contributed by atoms with E-state index in [0.717, 1.165) is 6.07 Å². The van der Waals surface area contributed by atoms with E-state index in [1.54, 1.807) is 6.07 Å². The van der Waals surface area contributed by atoms with Crippen LogP contribution in [0, 0.1) is 13.7 Å². The fourth-order valence-corrected chi connectivity index (χ4v) is 2.77. The van der Waals surface area contributed by atoms with Gasteiger partial charge < -0.3 is 14.6 Å². The van der Waals surface area contributed by atoms with Crippen molar-refractivity contribution in [3.63, 3.8) is 0 Å². The van der Waals surface area contributed by atoms with Crippen LogP contribution in [-0.4, -0.2) is 17.1 Å². The summed E-state index contributed by atoms with van der Waals surface area (Å²) >= 11 is 1.87. The smallest absolute Gasteiger partial charge is 0.416 e. The highest BCUT2D eigenvalue weighted by atomic mass is 127. The van der Waals surface area contributed by atoms with E-state index in [-0.39, 0.29) is 23.9 Å².